The third kappa shape index (κ3) is 3.83. The van der Waals surface area contributed by atoms with E-state index in [4.69, 9.17) is 11.6 Å². The summed E-state index contributed by atoms with van der Waals surface area (Å²) < 4.78 is 0. The molecule has 0 spiro atoms. The number of hydrogen-bond acceptors (Lipinski definition) is 1. The summed E-state index contributed by atoms with van der Waals surface area (Å²) in [5, 5.41) is 10.2. The van der Waals surface area contributed by atoms with Crippen molar-refractivity contribution in [2.24, 2.45) is 0 Å². The topological polar surface area (TPSA) is 3.24 Å². The normalized spacial score (nSPS) is 16.6. The summed E-state index contributed by atoms with van der Waals surface area (Å²) in [5.74, 6) is 0. The molecule has 0 saturated carbocycles. The summed E-state index contributed by atoms with van der Waals surface area (Å²) >= 11 is 6.71. The summed E-state index contributed by atoms with van der Waals surface area (Å²) in [4.78, 5) is 2.51. The number of hydrogen-bond donors (Lipinski definition) is 0. The molecular weight excluding hydrogens is 453 g/mol. The van der Waals surface area contributed by atoms with Crippen molar-refractivity contribution < 1.29 is 0 Å². The highest BCUT2D eigenvalue weighted by atomic mass is 35.5. The molecule has 0 N–H and O–H groups in total. The zero-order valence-electron chi connectivity index (χ0n) is 19.3. The summed E-state index contributed by atoms with van der Waals surface area (Å²) in [6, 6.07) is 38.1. The molecule has 5 aromatic carbocycles. The Hall–Kier alpha value is -2.70. The second-order valence-corrected chi connectivity index (χ2v) is 11.7. The molecule has 0 bridgehead atoms. The predicted octanol–water partition coefficient (Wildman–Crippen LogP) is 7.17. The molecule has 34 heavy (non-hydrogen) atoms. The van der Waals surface area contributed by atoms with Crippen molar-refractivity contribution in [1.29, 1.82) is 0 Å². The predicted molar refractivity (Wildman–Crippen MR) is 150 cm³/mol. The van der Waals surface area contributed by atoms with Crippen LogP contribution in [0.2, 0.25) is 5.02 Å². The van der Waals surface area contributed by atoms with Crippen LogP contribution in [0.5, 0.6) is 0 Å². The van der Waals surface area contributed by atoms with Gasteiger partial charge in [-0.05, 0) is 89.5 Å². The lowest BCUT2D eigenvalue weighted by molar-refractivity contribution is 0.318. The molecule has 5 aromatic rings. The molecule has 168 valence electrons. The van der Waals surface area contributed by atoms with Crippen LogP contribution in [-0.2, 0) is 0 Å². The van der Waals surface area contributed by atoms with Gasteiger partial charge < -0.3 is 0 Å². The molecule has 0 amide bonds. The largest absolute Gasteiger partial charge is 0.299 e. The first-order valence-electron chi connectivity index (χ1n) is 12.0. The van der Waals surface area contributed by atoms with Gasteiger partial charge >= 0.3 is 0 Å². The van der Waals surface area contributed by atoms with Gasteiger partial charge in [0.15, 0.2) is 0 Å². The lowest BCUT2D eigenvalue weighted by Crippen LogP contribution is -2.28. The molecule has 6 rings (SSSR count). The first kappa shape index (κ1) is 21.8. The third-order valence-corrected chi connectivity index (χ3v) is 9.98. The molecule has 0 radical (unpaired) electrons. The molecule has 1 heterocycles. The van der Waals surface area contributed by atoms with E-state index in [1.54, 1.807) is 0 Å². The fourth-order valence-electron chi connectivity index (χ4n) is 5.49. The number of benzene rings is 5. The number of halogens is 1. The summed E-state index contributed by atoms with van der Waals surface area (Å²) in [6.45, 7) is 1.15. The van der Waals surface area contributed by atoms with E-state index >= 15 is 0 Å². The molecule has 1 saturated heterocycles. The Balaban J connectivity index is 1.69. The highest BCUT2D eigenvalue weighted by molar-refractivity contribution is 7.80. The van der Waals surface area contributed by atoms with Crippen LogP contribution in [0.15, 0.2) is 103 Å². The molecule has 1 nitrogen and oxygen atoms in total. The molecule has 1 aliphatic rings. The van der Waals surface area contributed by atoms with Crippen molar-refractivity contribution in [3.63, 3.8) is 0 Å². The molecule has 3 heteroatoms. The van der Waals surface area contributed by atoms with Gasteiger partial charge in [0.05, 0.1) is 0 Å². The lowest BCUT2D eigenvalue weighted by Gasteiger charge is -2.29. The Kier molecular flexibility index (Phi) is 5.87. The standard InChI is InChI=1S/C31H27ClNP/c1-33-20-8-15-28(33)27-19-18-24(32)21-31(27)34(29-16-6-11-22-9-2-4-13-25(22)29)30-17-7-12-23-10-3-5-14-26(23)30/h2-7,9-14,16-19,21,28H,8,15,20H2,1H3. The van der Waals surface area contributed by atoms with Crippen molar-refractivity contribution in [2.45, 2.75) is 18.9 Å². The molecule has 1 fully saturated rings. The number of rotatable bonds is 4. The first-order chi connectivity index (χ1) is 16.7. The Bertz CT molecular complexity index is 1400. The van der Waals surface area contributed by atoms with Crippen molar-refractivity contribution >= 4 is 57.0 Å². The van der Waals surface area contributed by atoms with Crippen LogP contribution < -0.4 is 15.9 Å². The van der Waals surface area contributed by atoms with Gasteiger partial charge in [0.1, 0.15) is 0 Å². The Morgan fingerprint density at radius 2 is 1.29 bits per heavy atom. The van der Waals surface area contributed by atoms with Crippen LogP contribution in [0.4, 0.5) is 0 Å². The average molecular weight is 480 g/mol. The minimum atomic E-state index is -0.829. The van der Waals surface area contributed by atoms with E-state index in [1.807, 2.05) is 0 Å². The summed E-state index contributed by atoms with van der Waals surface area (Å²) in [6.07, 6.45) is 2.43. The highest BCUT2D eigenvalue weighted by Crippen LogP contribution is 2.43. The first-order valence-corrected chi connectivity index (χ1v) is 13.7. The SMILES string of the molecule is CN1CCCC1c1ccc(Cl)cc1P(c1cccc2ccccc12)c1cccc2ccccc12. The van der Waals surface area contributed by atoms with Crippen LogP contribution in [-0.4, -0.2) is 18.5 Å². The zero-order valence-corrected chi connectivity index (χ0v) is 20.9. The van der Waals surface area contributed by atoms with Crippen molar-refractivity contribution in [1.82, 2.24) is 4.90 Å². The number of likely N-dealkylation sites (tertiary alicyclic amines) is 1. The lowest BCUT2D eigenvalue weighted by atomic mass is 10.0. The van der Waals surface area contributed by atoms with Gasteiger partial charge in [-0.15, -0.1) is 0 Å². The second kappa shape index (κ2) is 9.16. The summed E-state index contributed by atoms with van der Waals surface area (Å²) in [7, 11) is 1.43. The van der Waals surface area contributed by atoms with E-state index in [0.29, 0.717) is 6.04 Å². The fourth-order valence-corrected chi connectivity index (χ4v) is 8.63. The van der Waals surface area contributed by atoms with Gasteiger partial charge in [0, 0.05) is 11.1 Å². The average Bonchev–Trinajstić information content (AvgIpc) is 3.30. The van der Waals surface area contributed by atoms with Crippen molar-refractivity contribution in [3.8, 4) is 0 Å². The van der Waals surface area contributed by atoms with Gasteiger partial charge in [-0.2, -0.15) is 0 Å². The van der Waals surface area contributed by atoms with Crippen LogP contribution in [0.3, 0.4) is 0 Å². The van der Waals surface area contributed by atoms with Gasteiger partial charge in [0.2, 0.25) is 0 Å². The van der Waals surface area contributed by atoms with E-state index < -0.39 is 7.92 Å². The van der Waals surface area contributed by atoms with Crippen LogP contribution in [0, 0.1) is 0 Å². The highest BCUT2D eigenvalue weighted by Gasteiger charge is 2.30. The van der Waals surface area contributed by atoms with E-state index in [0.717, 1.165) is 11.6 Å². The van der Waals surface area contributed by atoms with Gasteiger partial charge in [0.25, 0.3) is 0 Å². The fraction of sp³-hybridized carbons (Fsp3) is 0.161. The molecule has 0 aromatic heterocycles. The Morgan fingerprint density at radius 3 is 1.88 bits per heavy atom. The maximum atomic E-state index is 6.71. The monoisotopic (exact) mass is 479 g/mol. The van der Waals surface area contributed by atoms with E-state index in [1.165, 1.54) is 55.9 Å². The van der Waals surface area contributed by atoms with Crippen LogP contribution in [0.25, 0.3) is 21.5 Å². The number of nitrogens with zero attached hydrogens (tertiary/aromatic N) is 1. The number of fused-ring (bicyclic) bond motifs is 2. The third-order valence-electron chi connectivity index (χ3n) is 7.13. The quantitative estimate of drug-likeness (QED) is 0.247. The maximum absolute atomic E-state index is 6.71. The van der Waals surface area contributed by atoms with Gasteiger partial charge in [-0.3, -0.25) is 4.90 Å². The van der Waals surface area contributed by atoms with E-state index in [-0.39, 0.29) is 0 Å². The van der Waals surface area contributed by atoms with Crippen LogP contribution in [0.1, 0.15) is 24.4 Å². The van der Waals surface area contributed by atoms with Crippen molar-refractivity contribution in [2.75, 3.05) is 13.6 Å². The smallest absolute Gasteiger partial charge is 0.0412 e. The molecule has 0 aliphatic carbocycles. The second-order valence-electron chi connectivity index (χ2n) is 9.17. The molecule has 1 atom stereocenters. The minimum absolute atomic E-state index is 0.433. The summed E-state index contributed by atoms with van der Waals surface area (Å²) in [5.41, 5.74) is 1.43. The zero-order chi connectivity index (χ0) is 23.1. The molecule has 1 unspecified atom stereocenters. The van der Waals surface area contributed by atoms with E-state index in [9.17, 15) is 0 Å². The maximum Gasteiger partial charge on any atom is 0.0412 e. The van der Waals surface area contributed by atoms with Gasteiger partial charge in [-0.25, -0.2) is 0 Å². The Labute approximate surface area is 207 Å². The molecule has 1 aliphatic heterocycles. The minimum Gasteiger partial charge on any atom is -0.299 e. The van der Waals surface area contributed by atoms with Crippen molar-refractivity contribution in [3.05, 3.63) is 114 Å². The van der Waals surface area contributed by atoms with E-state index in [2.05, 4.69) is 115 Å². The molecular formula is C31H27ClNP. The van der Waals surface area contributed by atoms with Gasteiger partial charge in [-0.1, -0.05) is 103 Å². The van der Waals surface area contributed by atoms with Crippen LogP contribution >= 0.6 is 19.5 Å². The Morgan fingerprint density at radius 1 is 0.706 bits per heavy atom.